The fourth-order valence-electron chi connectivity index (χ4n) is 3.71. The zero-order valence-corrected chi connectivity index (χ0v) is 15.0. The van der Waals surface area contributed by atoms with Crippen LogP contribution in [0, 0.1) is 5.82 Å². The zero-order chi connectivity index (χ0) is 18.4. The maximum Gasteiger partial charge on any atom is 0.162 e. The van der Waals surface area contributed by atoms with E-state index in [1.807, 2.05) is 12.1 Å². The van der Waals surface area contributed by atoms with E-state index in [1.165, 1.54) is 37.0 Å². The Morgan fingerprint density at radius 3 is 2.54 bits per heavy atom. The van der Waals surface area contributed by atoms with Crippen LogP contribution < -0.4 is 0 Å². The van der Waals surface area contributed by atoms with Crippen molar-refractivity contribution in [3.05, 3.63) is 65.5 Å². The van der Waals surface area contributed by atoms with Crippen LogP contribution in [0.25, 0.3) is 0 Å². The first-order chi connectivity index (χ1) is 12.6. The number of hydrogen-bond donors (Lipinski definition) is 1. The molecule has 0 amide bonds. The molecule has 1 unspecified atom stereocenters. The topological polar surface area (TPSA) is 40.5 Å². The Labute approximate surface area is 154 Å². The number of carbonyl (C=O) groups excluding carboxylic acids is 1. The molecule has 0 bridgehead atoms. The quantitative estimate of drug-likeness (QED) is 0.739. The second kappa shape index (κ2) is 8.95. The highest BCUT2D eigenvalue weighted by molar-refractivity contribution is 5.95. The second-order valence-corrected chi connectivity index (χ2v) is 7.09. The molecule has 1 N–H and O–H groups in total. The summed E-state index contributed by atoms with van der Waals surface area (Å²) < 4.78 is 13.0. The van der Waals surface area contributed by atoms with Crippen molar-refractivity contribution in [2.45, 2.75) is 44.6 Å². The summed E-state index contributed by atoms with van der Waals surface area (Å²) in [5, 5.41) is 9.43. The lowest BCUT2D eigenvalue weighted by Crippen LogP contribution is -2.41. The maximum atomic E-state index is 13.0. The van der Waals surface area contributed by atoms with Gasteiger partial charge in [0.05, 0.1) is 0 Å². The summed E-state index contributed by atoms with van der Waals surface area (Å²) in [7, 11) is 0. The lowest BCUT2D eigenvalue weighted by atomic mass is 9.95. The van der Waals surface area contributed by atoms with E-state index in [-0.39, 0.29) is 11.6 Å². The van der Waals surface area contributed by atoms with Gasteiger partial charge in [-0.2, -0.15) is 0 Å². The smallest absolute Gasteiger partial charge is 0.162 e. The molecule has 2 aromatic rings. The van der Waals surface area contributed by atoms with Gasteiger partial charge >= 0.3 is 0 Å². The van der Waals surface area contributed by atoms with Crippen LogP contribution in [0.1, 0.15) is 48.0 Å². The van der Waals surface area contributed by atoms with Gasteiger partial charge in [-0.05, 0) is 80.7 Å². The van der Waals surface area contributed by atoms with Crippen molar-refractivity contribution < 1.29 is 14.3 Å². The van der Waals surface area contributed by atoms with Gasteiger partial charge in [0, 0.05) is 18.0 Å². The Balaban J connectivity index is 1.50. The number of carbonyl (C=O) groups is 1. The lowest BCUT2D eigenvalue weighted by molar-refractivity contribution is 0.0960. The predicted molar refractivity (Wildman–Crippen MR) is 101 cm³/mol. The average molecular weight is 355 g/mol. The number of ketones is 1. The Morgan fingerprint density at radius 2 is 1.81 bits per heavy atom. The SMILES string of the molecule is O=C(CCCN1CCCCC1Cc1ccc(O)cc1)c1ccc(F)cc1. The summed E-state index contributed by atoms with van der Waals surface area (Å²) in [6.45, 7) is 1.99. The Bertz CT molecular complexity index is 712. The number of hydrogen-bond acceptors (Lipinski definition) is 3. The molecule has 138 valence electrons. The molecule has 1 atom stereocenters. The molecule has 1 fully saturated rings. The highest BCUT2D eigenvalue weighted by atomic mass is 19.1. The van der Waals surface area contributed by atoms with Crippen molar-refractivity contribution in [2.24, 2.45) is 0 Å². The molecule has 0 saturated carbocycles. The van der Waals surface area contributed by atoms with Gasteiger partial charge < -0.3 is 10.0 Å². The van der Waals surface area contributed by atoms with E-state index in [9.17, 15) is 14.3 Å². The maximum absolute atomic E-state index is 13.0. The van der Waals surface area contributed by atoms with E-state index < -0.39 is 0 Å². The number of phenols is 1. The number of benzene rings is 2. The summed E-state index contributed by atoms with van der Waals surface area (Å²) >= 11 is 0. The van der Waals surface area contributed by atoms with E-state index in [1.54, 1.807) is 24.3 Å². The van der Waals surface area contributed by atoms with Gasteiger partial charge in [0.2, 0.25) is 0 Å². The number of halogens is 1. The van der Waals surface area contributed by atoms with E-state index in [4.69, 9.17) is 0 Å². The minimum atomic E-state index is -0.313. The zero-order valence-electron chi connectivity index (χ0n) is 15.0. The van der Waals surface area contributed by atoms with Crippen molar-refractivity contribution in [1.29, 1.82) is 0 Å². The number of rotatable bonds is 7. The largest absolute Gasteiger partial charge is 0.508 e. The molecule has 26 heavy (non-hydrogen) atoms. The van der Waals surface area contributed by atoms with Crippen LogP contribution in [0.4, 0.5) is 4.39 Å². The molecule has 1 heterocycles. The van der Waals surface area contributed by atoms with Gasteiger partial charge in [0.25, 0.3) is 0 Å². The first-order valence-electron chi connectivity index (χ1n) is 9.42. The predicted octanol–water partition coefficient (Wildman–Crippen LogP) is 4.59. The van der Waals surface area contributed by atoms with Crippen LogP contribution in [0.5, 0.6) is 5.75 Å². The van der Waals surface area contributed by atoms with Gasteiger partial charge in [-0.1, -0.05) is 18.6 Å². The van der Waals surface area contributed by atoms with Gasteiger partial charge in [-0.15, -0.1) is 0 Å². The second-order valence-electron chi connectivity index (χ2n) is 7.09. The van der Waals surface area contributed by atoms with Crippen LogP contribution in [0.15, 0.2) is 48.5 Å². The number of aromatic hydroxyl groups is 1. The fraction of sp³-hybridized carbons (Fsp3) is 0.409. The van der Waals surface area contributed by atoms with Crippen LogP contribution in [0.2, 0.25) is 0 Å². The molecule has 4 heteroatoms. The molecule has 3 rings (SSSR count). The first-order valence-corrected chi connectivity index (χ1v) is 9.42. The molecule has 2 aromatic carbocycles. The van der Waals surface area contributed by atoms with Crippen molar-refractivity contribution in [2.75, 3.05) is 13.1 Å². The minimum Gasteiger partial charge on any atom is -0.508 e. The summed E-state index contributed by atoms with van der Waals surface area (Å²) in [6, 6.07) is 13.7. The fourth-order valence-corrected chi connectivity index (χ4v) is 3.71. The van der Waals surface area contributed by atoms with Crippen LogP contribution in [-0.2, 0) is 6.42 Å². The van der Waals surface area contributed by atoms with Crippen molar-refractivity contribution in [1.82, 2.24) is 4.90 Å². The van der Waals surface area contributed by atoms with Gasteiger partial charge in [0.15, 0.2) is 5.78 Å². The van der Waals surface area contributed by atoms with Gasteiger partial charge in [-0.3, -0.25) is 4.79 Å². The monoisotopic (exact) mass is 355 g/mol. The first kappa shape index (κ1) is 18.6. The summed E-state index contributed by atoms with van der Waals surface area (Å²) in [5.74, 6) is 0.0672. The molecule has 0 radical (unpaired) electrons. The van der Waals surface area contributed by atoms with Crippen LogP contribution >= 0.6 is 0 Å². The van der Waals surface area contributed by atoms with Crippen molar-refractivity contribution in [3.63, 3.8) is 0 Å². The third-order valence-corrected chi connectivity index (χ3v) is 5.17. The van der Waals surface area contributed by atoms with E-state index in [0.29, 0.717) is 23.8 Å². The molecular formula is C22H26FNO2. The normalized spacial score (nSPS) is 18.0. The van der Waals surface area contributed by atoms with Crippen molar-refractivity contribution in [3.8, 4) is 5.75 Å². The van der Waals surface area contributed by atoms with Crippen molar-refractivity contribution >= 4 is 5.78 Å². The Kier molecular flexibility index (Phi) is 6.40. The number of piperidine rings is 1. The molecule has 1 aliphatic heterocycles. The molecule has 1 aliphatic rings. The molecular weight excluding hydrogens is 329 g/mol. The Morgan fingerprint density at radius 1 is 1.08 bits per heavy atom. The highest BCUT2D eigenvalue weighted by Crippen LogP contribution is 2.22. The molecule has 0 aromatic heterocycles. The summed E-state index contributed by atoms with van der Waals surface area (Å²) in [5.41, 5.74) is 1.83. The van der Waals surface area contributed by atoms with Gasteiger partial charge in [0.1, 0.15) is 11.6 Å². The summed E-state index contributed by atoms with van der Waals surface area (Å²) in [6.07, 6.45) is 5.92. The number of phenolic OH excluding ortho intramolecular Hbond substituents is 1. The van der Waals surface area contributed by atoms with E-state index in [0.717, 1.165) is 25.9 Å². The van der Waals surface area contributed by atoms with E-state index >= 15 is 0 Å². The molecule has 1 saturated heterocycles. The molecule has 3 nitrogen and oxygen atoms in total. The third-order valence-electron chi connectivity index (χ3n) is 5.17. The number of likely N-dealkylation sites (tertiary alicyclic amines) is 1. The molecule has 0 spiro atoms. The summed E-state index contributed by atoms with van der Waals surface area (Å²) in [4.78, 5) is 14.7. The van der Waals surface area contributed by atoms with Crippen LogP contribution in [-0.4, -0.2) is 34.9 Å². The Hall–Kier alpha value is -2.20. The lowest BCUT2D eigenvalue weighted by Gasteiger charge is -2.36. The number of Topliss-reactive ketones (excluding diaryl/α,β-unsaturated/α-hetero) is 1. The minimum absolute atomic E-state index is 0.0806. The van der Waals surface area contributed by atoms with Crippen LogP contribution in [0.3, 0.4) is 0 Å². The third kappa shape index (κ3) is 5.15. The average Bonchev–Trinajstić information content (AvgIpc) is 2.65. The van der Waals surface area contributed by atoms with E-state index in [2.05, 4.69) is 4.90 Å². The molecule has 0 aliphatic carbocycles. The van der Waals surface area contributed by atoms with Gasteiger partial charge in [-0.25, -0.2) is 4.39 Å². The number of nitrogens with zero attached hydrogens (tertiary/aromatic N) is 1. The highest BCUT2D eigenvalue weighted by Gasteiger charge is 2.22. The standard InChI is InChI=1S/C22H26FNO2/c23-19-10-8-18(9-11-19)22(26)5-3-15-24-14-2-1-4-20(24)16-17-6-12-21(25)13-7-17/h6-13,20,25H,1-5,14-16H2.